The Hall–Kier alpha value is -0.645. The first kappa shape index (κ1) is 16.7. The molecule has 5 heteroatoms. The van der Waals surface area contributed by atoms with Gasteiger partial charge in [-0.15, -0.1) is 0 Å². The molecule has 0 aromatic heterocycles. The molecule has 0 aliphatic carbocycles. The van der Waals surface area contributed by atoms with Crippen LogP contribution in [0.3, 0.4) is 0 Å². The van der Waals surface area contributed by atoms with E-state index in [9.17, 15) is 5.11 Å². The van der Waals surface area contributed by atoms with Crippen molar-refractivity contribution in [1.29, 1.82) is 0 Å². The molecule has 118 valence electrons. The molecule has 0 saturated carbocycles. The third kappa shape index (κ3) is 3.10. The highest BCUT2D eigenvalue weighted by Crippen LogP contribution is 2.41. The van der Waals surface area contributed by atoms with E-state index >= 15 is 0 Å². The molecule has 0 amide bonds. The summed E-state index contributed by atoms with van der Waals surface area (Å²) in [6, 6.07) is 0.0130. The highest BCUT2D eigenvalue weighted by molar-refractivity contribution is 6.63. The van der Waals surface area contributed by atoms with Crippen LogP contribution in [0, 0.1) is 0 Å². The molecule has 2 rings (SSSR count). The van der Waals surface area contributed by atoms with Crippen molar-refractivity contribution < 1.29 is 14.4 Å². The van der Waals surface area contributed by atoms with Crippen molar-refractivity contribution in [1.82, 2.24) is 0 Å². The summed E-state index contributed by atoms with van der Waals surface area (Å²) in [5.41, 5.74) is 1.72. The van der Waals surface area contributed by atoms with Crippen LogP contribution in [0.2, 0.25) is 0 Å². The van der Waals surface area contributed by atoms with Gasteiger partial charge in [-0.05, 0) is 61.0 Å². The average Bonchev–Trinajstić information content (AvgIpc) is 2.60. The van der Waals surface area contributed by atoms with Crippen LogP contribution in [-0.2, 0) is 9.31 Å². The van der Waals surface area contributed by atoms with Gasteiger partial charge < -0.3 is 14.4 Å². The van der Waals surface area contributed by atoms with Crippen molar-refractivity contribution in [2.75, 3.05) is 0 Å². The van der Waals surface area contributed by atoms with Crippen molar-refractivity contribution in [3.05, 3.63) is 11.0 Å². The van der Waals surface area contributed by atoms with E-state index in [1.54, 1.807) is 0 Å². The minimum atomic E-state index is -0.735. The maximum Gasteiger partial charge on any atom is 0.496 e. The minimum Gasteiger partial charge on any atom is -0.399 e. The SMILES string of the molecule is CC1=NC(CC(C)(C)O)C(C)=C1B1OC(C)(C)C(C)(C)O1. The van der Waals surface area contributed by atoms with E-state index in [4.69, 9.17) is 14.3 Å². The summed E-state index contributed by atoms with van der Waals surface area (Å²) in [6.07, 6.45) is 0.610. The Morgan fingerprint density at radius 3 is 2.05 bits per heavy atom. The molecule has 0 aromatic rings. The number of nitrogens with zero attached hydrogens (tertiary/aromatic N) is 1. The maximum atomic E-state index is 10.0. The molecule has 0 spiro atoms. The molecule has 1 N–H and O–H groups in total. The predicted molar refractivity (Wildman–Crippen MR) is 86.6 cm³/mol. The van der Waals surface area contributed by atoms with Crippen LogP contribution in [0.15, 0.2) is 16.0 Å². The van der Waals surface area contributed by atoms with Crippen LogP contribution in [0.4, 0.5) is 0 Å². The Morgan fingerprint density at radius 2 is 1.62 bits per heavy atom. The van der Waals surface area contributed by atoms with Gasteiger partial charge in [-0.3, -0.25) is 4.99 Å². The Labute approximate surface area is 128 Å². The first-order valence-corrected chi connectivity index (χ1v) is 7.67. The number of hydrogen-bond acceptors (Lipinski definition) is 4. The molecule has 2 aliphatic rings. The molecular weight excluding hydrogens is 265 g/mol. The molecule has 0 aromatic carbocycles. The van der Waals surface area contributed by atoms with Crippen molar-refractivity contribution in [3.63, 3.8) is 0 Å². The van der Waals surface area contributed by atoms with Gasteiger partial charge in [-0.25, -0.2) is 0 Å². The fourth-order valence-corrected chi connectivity index (χ4v) is 2.85. The van der Waals surface area contributed by atoms with Gasteiger partial charge in [0.1, 0.15) is 0 Å². The van der Waals surface area contributed by atoms with Crippen molar-refractivity contribution >= 4 is 12.8 Å². The molecule has 2 heterocycles. The van der Waals surface area contributed by atoms with Crippen molar-refractivity contribution in [3.8, 4) is 0 Å². The summed E-state index contributed by atoms with van der Waals surface area (Å²) in [5.74, 6) is 0. The van der Waals surface area contributed by atoms with Crippen LogP contribution in [0.5, 0.6) is 0 Å². The summed E-state index contributed by atoms with van der Waals surface area (Å²) in [6.45, 7) is 15.9. The van der Waals surface area contributed by atoms with Gasteiger partial charge in [0, 0.05) is 17.6 Å². The highest BCUT2D eigenvalue weighted by Gasteiger charge is 2.54. The first-order valence-electron chi connectivity index (χ1n) is 7.67. The van der Waals surface area contributed by atoms with Crippen LogP contribution >= 0.6 is 0 Å². The van der Waals surface area contributed by atoms with Gasteiger partial charge in [0.15, 0.2) is 0 Å². The van der Waals surface area contributed by atoms with Crippen molar-refractivity contribution in [2.45, 2.75) is 84.7 Å². The average molecular weight is 293 g/mol. The van der Waals surface area contributed by atoms with Gasteiger partial charge in [-0.1, -0.05) is 0 Å². The van der Waals surface area contributed by atoms with E-state index in [1.807, 2.05) is 20.8 Å². The van der Waals surface area contributed by atoms with Gasteiger partial charge in [0.05, 0.1) is 22.8 Å². The molecule has 2 aliphatic heterocycles. The zero-order valence-electron chi connectivity index (χ0n) is 14.6. The van der Waals surface area contributed by atoms with Gasteiger partial charge >= 0.3 is 7.12 Å². The largest absolute Gasteiger partial charge is 0.496 e. The van der Waals surface area contributed by atoms with E-state index in [2.05, 4.69) is 34.6 Å². The second-order valence-corrected chi connectivity index (χ2v) is 7.93. The molecule has 21 heavy (non-hydrogen) atoms. The first-order chi connectivity index (χ1) is 9.34. The Bertz CT molecular complexity index is 484. The lowest BCUT2D eigenvalue weighted by molar-refractivity contribution is 0.00578. The number of allylic oxidation sites excluding steroid dienone is 1. The number of hydrogen-bond donors (Lipinski definition) is 1. The molecule has 1 saturated heterocycles. The topological polar surface area (TPSA) is 51.1 Å². The lowest BCUT2D eigenvalue weighted by Gasteiger charge is -2.32. The molecule has 4 nitrogen and oxygen atoms in total. The molecule has 1 fully saturated rings. The Balaban J connectivity index is 2.27. The predicted octanol–water partition coefficient (Wildman–Crippen LogP) is 2.94. The van der Waals surface area contributed by atoms with Gasteiger partial charge in [-0.2, -0.15) is 0 Å². The Morgan fingerprint density at radius 1 is 1.14 bits per heavy atom. The van der Waals surface area contributed by atoms with Crippen LogP contribution in [0.1, 0.15) is 61.8 Å². The van der Waals surface area contributed by atoms with E-state index in [-0.39, 0.29) is 24.4 Å². The third-order valence-electron chi connectivity index (χ3n) is 4.85. The smallest absolute Gasteiger partial charge is 0.399 e. The van der Waals surface area contributed by atoms with Crippen LogP contribution in [-0.4, -0.2) is 40.8 Å². The zero-order valence-corrected chi connectivity index (χ0v) is 14.6. The fraction of sp³-hybridized carbons (Fsp3) is 0.812. The van der Waals surface area contributed by atoms with E-state index in [1.165, 1.54) is 0 Å². The summed E-state index contributed by atoms with van der Waals surface area (Å²) < 4.78 is 12.3. The summed E-state index contributed by atoms with van der Waals surface area (Å²) in [7, 11) is -0.370. The fourth-order valence-electron chi connectivity index (χ4n) is 2.85. The monoisotopic (exact) mass is 293 g/mol. The lowest BCUT2D eigenvalue weighted by atomic mass is 9.73. The maximum absolute atomic E-state index is 10.0. The third-order valence-corrected chi connectivity index (χ3v) is 4.85. The Kier molecular flexibility index (Phi) is 3.93. The van der Waals surface area contributed by atoms with Crippen LogP contribution < -0.4 is 0 Å². The van der Waals surface area contributed by atoms with E-state index < -0.39 is 5.60 Å². The molecule has 0 radical (unpaired) electrons. The van der Waals surface area contributed by atoms with Crippen LogP contribution in [0.25, 0.3) is 0 Å². The highest BCUT2D eigenvalue weighted by atomic mass is 16.7. The second-order valence-electron chi connectivity index (χ2n) is 7.93. The van der Waals surface area contributed by atoms with E-state index in [0.29, 0.717) is 6.42 Å². The minimum absolute atomic E-state index is 0.0130. The number of aliphatic hydroxyl groups is 1. The molecule has 1 unspecified atom stereocenters. The van der Waals surface area contributed by atoms with Gasteiger partial charge in [0.25, 0.3) is 0 Å². The molecular formula is C16H28BNO3. The molecule has 0 bridgehead atoms. The normalized spacial score (nSPS) is 28.3. The number of aliphatic imine (C=N–C) groups is 1. The van der Waals surface area contributed by atoms with Gasteiger partial charge in [0.2, 0.25) is 0 Å². The second kappa shape index (κ2) is 4.93. The number of rotatable bonds is 3. The van der Waals surface area contributed by atoms with E-state index in [0.717, 1.165) is 16.8 Å². The summed E-state index contributed by atoms with van der Waals surface area (Å²) >= 11 is 0. The standard InChI is InChI=1S/C16H28BNO3/c1-10-12(9-14(3,4)19)18-11(2)13(10)17-20-15(5,6)16(7,8)21-17/h12,19H,9H2,1-8H3. The lowest BCUT2D eigenvalue weighted by Crippen LogP contribution is -2.41. The van der Waals surface area contributed by atoms with Crippen molar-refractivity contribution in [2.24, 2.45) is 4.99 Å². The summed E-state index contributed by atoms with van der Waals surface area (Å²) in [5, 5.41) is 10.0. The quantitative estimate of drug-likeness (QED) is 0.814. The molecule has 1 atom stereocenters. The summed E-state index contributed by atoms with van der Waals surface area (Å²) in [4.78, 5) is 4.70. The zero-order chi connectivity index (χ0) is 16.2.